The highest BCUT2D eigenvalue weighted by Gasteiger charge is 2.32. The number of amides is 1. The third-order valence-corrected chi connectivity index (χ3v) is 4.84. The predicted molar refractivity (Wildman–Crippen MR) is 109 cm³/mol. The van der Waals surface area contributed by atoms with E-state index in [2.05, 4.69) is 10.1 Å². The zero-order valence-electron chi connectivity index (χ0n) is 15.9. The molecule has 1 aliphatic heterocycles. The van der Waals surface area contributed by atoms with Crippen LogP contribution >= 0.6 is 0 Å². The molecule has 0 N–H and O–H groups in total. The molecule has 0 spiro atoms. The van der Waals surface area contributed by atoms with Crippen LogP contribution in [0.2, 0.25) is 0 Å². The summed E-state index contributed by atoms with van der Waals surface area (Å²) >= 11 is 0. The number of aliphatic imine (C=N–C) groups is 2. The third-order valence-electron chi connectivity index (χ3n) is 4.84. The number of benzene rings is 2. The van der Waals surface area contributed by atoms with E-state index in [-0.39, 0.29) is 11.8 Å². The molecule has 2 unspecified atom stereocenters. The lowest BCUT2D eigenvalue weighted by molar-refractivity contribution is -0.118. The first-order valence-electron chi connectivity index (χ1n) is 9.31. The summed E-state index contributed by atoms with van der Waals surface area (Å²) in [5, 5.41) is 4.02. The van der Waals surface area contributed by atoms with Gasteiger partial charge in [-0.05, 0) is 25.0 Å². The van der Waals surface area contributed by atoms with Crippen molar-refractivity contribution in [2.75, 3.05) is 0 Å². The Morgan fingerprint density at radius 3 is 2.29 bits per heavy atom. The zero-order chi connectivity index (χ0) is 19.5. The Bertz CT molecular complexity index is 1040. The molecule has 1 aromatic heterocycles. The van der Waals surface area contributed by atoms with Crippen molar-refractivity contribution in [1.82, 2.24) is 5.16 Å². The number of hydrogen-bond acceptors (Lipinski definition) is 4. The van der Waals surface area contributed by atoms with Crippen LogP contribution in [0.5, 0.6) is 0 Å². The molecule has 5 nitrogen and oxygen atoms in total. The van der Waals surface area contributed by atoms with Crippen LogP contribution in [0.3, 0.4) is 0 Å². The monoisotopic (exact) mass is 371 g/mol. The summed E-state index contributed by atoms with van der Waals surface area (Å²) in [6.45, 7) is 3.80. The molecular formula is C23H21N3O2. The van der Waals surface area contributed by atoms with Gasteiger partial charge in [0.25, 0.3) is 5.91 Å². The van der Waals surface area contributed by atoms with E-state index >= 15 is 0 Å². The molecule has 0 bridgehead atoms. The minimum atomic E-state index is -0.546. The van der Waals surface area contributed by atoms with E-state index in [9.17, 15) is 4.79 Å². The van der Waals surface area contributed by atoms with Crippen LogP contribution in [0, 0.1) is 6.92 Å². The maximum Gasteiger partial charge on any atom is 0.271 e. The number of carbonyl (C=O) groups excluding carboxylic acids is 1. The minimum absolute atomic E-state index is 0.235. The van der Waals surface area contributed by atoms with Crippen molar-refractivity contribution in [3.63, 3.8) is 0 Å². The molecular weight excluding hydrogens is 350 g/mol. The number of aryl methyl sites for hydroxylation is 1. The SMILES string of the molecule is CC1=NC(Cc2ccccc2)C(=O)N=C(c2ccccc2)C1c1cc(C)no1. The van der Waals surface area contributed by atoms with E-state index in [1.54, 1.807) is 0 Å². The van der Waals surface area contributed by atoms with Gasteiger partial charge in [0.05, 0.1) is 11.4 Å². The van der Waals surface area contributed by atoms with E-state index < -0.39 is 6.04 Å². The first kappa shape index (κ1) is 18.0. The van der Waals surface area contributed by atoms with Gasteiger partial charge >= 0.3 is 0 Å². The minimum Gasteiger partial charge on any atom is -0.360 e. The highest BCUT2D eigenvalue weighted by atomic mass is 16.5. The summed E-state index contributed by atoms with van der Waals surface area (Å²) in [6, 6.07) is 20.9. The number of rotatable bonds is 4. The fraction of sp³-hybridized carbons (Fsp3) is 0.217. The summed E-state index contributed by atoms with van der Waals surface area (Å²) in [5.74, 6) is 0.0728. The number of nitrogens with zero attached hydrogens (tertiary/aromatic N) is 3. The highest BCUT2D eigenvalue weighted by Crippen LogP contribution is 2.28. The predicted octanol–water partition coefficient (Wildman–Crippen LogP) is 4.17. The van der Waals surface area contributed by atoms with E-state index in [0.29, 0.717) is 17.9 Å². The van der Waals surface area contributed by atoms with Gasteiger partial charge in [0.2, 0.25) is 0 Å². The molecule has 2 atom stereocenters. The molecule has 5 heteroatoms. The number of hydrogen-bond donors (Lipinski definition) is 0. The molecule has 0 radical (unpaired) electrons. The van der Waals surface area contributed by atoms with Crippen molar-refractivity contribution in [3.05, 3.63) is 89.3 Å². The second-order valence-corrected chi connectivity index (χ2v) is 6.98. The van der Waals surface area contributed by atoms with Gasteiger partial charge in [-0.2, -0.15) is 0 Å². The number of aromatic nitrogens is 1. The molecule has 0 aliphatic carbocycles. The van der Waals surface area contributed by atoms with Crippen molar-refractivity contribution >= 4 is 17.3 Å². The molecule has 3 aromatic rings. The fourth-order valence-electron chi connectivity index (χ4n) is 3.50. The largest absolute Gasteiger partial charge is 0.360 e. The van der Waals surface area contributed by atoms with Gasteiger partial charge in [-0.1, -0.05) is 65.8 Å². The van der Waals surface area contributed by atoms with Crippen molar-refractivity contribution in [3.8, 4) is 0 Å². The van der Waals surface area contributed by atoms with Gasteiger partial charge in [0.1, 0.15) is 12.0 Å². The highest BCUT2D eigenvalue weighted by molar-refractivity contribution is 6.22. The average Bonchev–Trinajstić information content (AvgIpc) is 3.09. The van der Waals surface area contributed by atoms with Crippen LogP contribution in [-0.4, -0.2) is 28.5 Å². The van der Waals surface area contributed by atoms with E-state index in [4.69, 9.17) is 9.52 Å². The Morgan fingerprint density at radius 2 is 1.64 bits per heavy atom. The standard InChI is InChI=1S/C23H21N3O2/c1-15-13-20(28-26-15)21-16(2)24-19(14-17-9-5-3-6-10-17)23(27)25-22(21)18-11-7-4-8-12-18/h3-13,19,21H,14H2,1-2H3. The first-order valence-corrected chi connectivity index (χ1v) is 9.31. The Hall–Kier alpha value is -3.34. The van der Waals surface area contributed by atoms with E-state index in [1.807, 2.05) is 80.6 Å². The van der Waals surface area contributed by atoms with Crippen LogP contribution in [0.1, 0.15) is 35.4 Å². The lowest BCUT2D eigenvalue weighted by Crippen LogP contribution is -2.20. The van der Waals surface area contributed by atoms with Crippen molar-refractivity contribution < 1.29 is 9.32 Å². The molecule has 1 aliphatic rings. The zero-order valence-corrected chi connectivity index (χ0v) is 15.9. The van der Waals surface area contributed by atoms with Gasteiger partial charge in [-0.25, -0.2) is 4.99 Å². The normalized spacial score (nSPS) is 19.7. The molecule has 140 valence electrons. The molecule has 28 heavy (non-hydrogen) atoms. The van der Waals surface area contributed by atoms with Crippen LogP contribution in [0.25, 0.3) is 0 Å². The first-order chi connectivity index (χ1) is 13.6. The summed E-state index contributed by atoms with van der Waals surface area (Å²) in [5.41, 5.74) is 4.17. The molecule has 0 fully saturated rings. The molecule has 2 heterocycles. The third kappa shape index (κ3) is 3.69. The maximum absolute atomic E-state index is 13.0. The van der Waals surface area contributed by atoms with Crippen LogP contribution in [0.15, 0.2) is 81.2 Å². The lowest BCUT2D eigenvalue weighted by atomic mass is 9.90. The van der Waals surface area contributed by atoms with Crippen LogP contribution in [0.4, 0.5) is 0 Å². The van der Waals surface area contributed by atoms with Gasteiger partial charge in [-0.3, -0.25) is 9.79 Å². The molecule has 2 aromatic carbocycles. The molecule has 0 saturated heterocycles. The van der Waals surface area contributed by atoms with Crippen molar-refractivity contribution in [2.24, 2.45) is 9.98 Å². The Balaban J connectivity index is 1.80. The van der Waals surface area contributed by atoms with Gasteiger partial charge in [-0.15, -0.1) is 0 Å². The smallest absolute Gasteiger partial charge is 0.271 e. The quantitative estimate of drug-likeness (QED) is 0.691. The van der Waals surface area contributed by atoms with Crippen LogP contribution < -0.4 is 0 Å². The molecule has 1 amide bonds. The Morgan fingerprint density at radius 1 is 0.964 bits per heavy atom. The average molecular weight is 371 g/mol. The maximum atomic E-state index is 13.0. The fourth-order valence-corrected chi connectivity index (χ4v) is 3.50. The topological polar surface area (TPSA) is 67.8 Å². The lowest BCUT2D eigenvalue weighted by Gasteiger charge is -2.15. The van der Waals surface area contributed by atoms with Gasteiger partial charge < -0.3 is 4.52 Å². The summed E-state index contributed by atoms with van der Waals surface area (Å²) in [7, 11) is 0. The van der Waals surface area contributed by atoms with Crippen LogP contribution in [-0.2, 0) is 11.2 Å². The second-order valence-electron chi connectivity index (χ2n) is 6.98. The van der Waals surface area contributed by atoms with E-state index in [0.717, 1.165) is 22.5 Å². The van der Waals surface area contributed by atoms with Crippen molar-refractivity contribution in [2.45, 2.75) is 32.2 Å². The second kappa shape index (κ2) is 7.72. The molecule has 0 saturated carbocycles. The van der Waals surface area contributed by atoms with E-state index in [1.165, 1.54) is 0 Å². The Kier molecular flexibility index (Phi) is 4.98. The summed E-state index contributed by atoms with van der Waals surface area (Å²) in [4.78, 5) is 22.3. The van der Waals surface area contributed by atoms with Crippen molar-refractivity contribution in [1.29, 1.82) is 0 Å². The van der Waals surface area contributed by atoms with Gasteiger partial charge in [0.15, 0.2) is 5.76 Å². The Labute approximate surface area is 163 Å². The number of carbonyl (C=O) groups is 1. The summed E-state index contributed by atoms with van der Waals surface area (Å²) < 4.78 is 5.55. The van der Waals surface area contributed by atoms with Gasteiger partial charge in [0, 0.05) is 18.2 Å². The molecule has 4 rings (SSSR count). The summed E-state index contributed by atoms with van der Waals surface area (Å²) in [6.07, 6.45) is 0.519.